The van der Waals surface area contributed by atoms with Gasteiger partial charge in [0, 0.05) is 0 Å². The summed E-state index contributed by atoms with van der Waals surface area (Å²) in [6, 6.07) is 8.12. The Balaban J connectivity index is 0.000000361. The minimum atomic E-state index is 0.898. The van der Waals surface area contributed by atoms with Gasteiger partial charge in [0.25, 0.3) is 0 Å². The summed E-state index contributed by atoms with van der Waals surface area (Å²) in [7, 11) is 1.69. The van der Waals surface area contributed by atoms with E-state index in [9.17, 15) is 0 Å². The molecule has 0 aliphatic carbocycles. The second-order valence-electron chi connectivity index (χ2n) is 5.84. The van der Waals surface area contributed by atoms with Crippen LogP contribution in [-0.2, 0) is 6.42 Å². The van der Waals surface area contributed by atoms with Crippen LogP contribution in [-0.4, -0.2) is 7.11 Å². The number of methoxy groups -OCH3 is 1. The third kappa shape index (κ3) is 6.98. The highest BCUT2D eigenvalue weighted by atomic mass is 16.5. The van der Waals surface area contributed by atoms with E-state index in [0.29, 0.717) is 0 Å². The van der Waals surface area contributed by atoms with E-state index in [1.54, 1.807) is 7.11 Å². The first-order valence-corrected chi connectivity index (χ1v) is 8.12. The molecule has 0 aliphatic rings. The van der Waals surface area contributed by atoms with Gasteiger partial charge < -0.3 is 4.74 Å². The number of aryl methyl sites for hydroxylation is 1. The van der Waals surface area contributed by atoms with Gasteiger partial charge in [-0.1, -0.05) is 66.5 Å². The van der Waals surface area contributed by atoms with Crippen LogP contribution in [0.15, 0.2) is 24.3 Å². The Hall–Kier alpha value is -0.980. The molecule has 0 radical (unpaired) electrons. The minimum absolute atomic E-state index is 0.898. The van der Waals surface area contributed by atoms with Crippen LogP contribution in [0.25, 0.3) is 0 Å². The SMILES string of the molecule is CCC(C)C(C)C(C)CC.CCc1cccc(OC)c1. The molecule has 0 saturated heterocycles. The van der Waals surface area contributed by atoms with Crippen molar-refractivity contribution in [2.75, 3.05) is 7.11 Å². The molecular weight excluding hydrogens is 244 g/mol. The molecule has 1 rings (SSSR count). The maximum atomic E-state index is 5.06. The largest absolute Gasteiger partial charge is 0.497 e. The van der Waals surface area contributed by atoms with Crippen LogP contribution < -0.4 is 4.74 Å². The quantitative estimate of drug-likeness (QED) is 0.622. The van der Waals surface area contributed by atoms with Crippen molar-refractivity contribution in [3.8, 4) is 5.75 Å². The Labute approximate surface area is 126 Å². The Bertz CT molecular complexity index is 316. The van der Waals surface area contributed by atoms with Crippen molar-refractivity contribution in [2.24, 2.45) is 17.8 Å². The first-order valence-electron chi connectivity index (χ1n) is 8.12. The zero-order valence-electron chi connectivity index (χ0n) is 14.6. The fourth-order valence-corrected chi connectivity index (χ4v) is 2.20. The second-order valence-corrected chi connectivity index (χ2v) is 5.84. The number of benzene rings is 1. The summed E-state index contributed by atoms with van der Waals surface area (Å²) in [6.07, 6.45) is 3.72. The fraction of sp³-hybridized carbons (Fsp3) is 0.684. The molecule has 1 aromatic rings. The van der Waals surface area contributed by atoms with Gasteiger partial charge in [-0.3, -0.25) is 0 Å². The van der Waals surface area contributed by atoms with Crippen molar-refractivity contribution in [2.45, 2.75) is 60.8 Å². The predicted octanol–water partition coefficient (Wildman–Crippen LogP) is 5.97. The molecule has 0 aliphatic heterocycles. The highest BCUT2D eigenvalue weighted by Gasteiger charge is 2.15. The maximum Gasteiger partial charge on any atom is 0.119 e. The molecule has 1 nitrogen and oxygen atoms in total. The van der Waals surface area contributed by atoms with Gasteiger partial charge in [-0.2, -0.15) is 0 Å². The summed E-state index contributed by atoms with van der Waals surface area (Å²) in [6.45, 7) is 13.8. The van der Waals surface area contributed by atoms with Crippen LogP contribution in [0.3, 0.4) is 0 Å². The van der Waals surface area contributed by atoms with E-state index in [2.05, 4.69) is 53.7 Å². The Morgan fingerprint density at radius 1 is 0.950 bits per heavy atom. The topological polar surface area (TPSA) is 9.23 Å². The van der Waals surface area contributed by atoms with Crippen LogP contribution in [0.2, 0.25) is 0 Å². The molecular formula is C19H34O. The lowest BCUT2D eigenvalue weighted by Crippen LogP contribution is -2.14. The van der Waals surface area contributed by atoms with Crippen LogP contribution in [0.4, 0.5) is 0 Å². The molecule has 1 aromatic carbocycles. The monoisotopic (exact) mass is 278 g/mol. The summed E-state index contributed by atoms with van der Waals surface area (Å²) in [5.41, 5.74) is 1.32. The molecule has 20 heavy (non-hydrogen) atoms. The molecule has 0 fully saturated rings. The molecule has 0 aromatic heterocycles. The van der Waals surface area contributed by atoms with E-state index < -0.39 is 0 Å². The molecule has 0 saturated carbocycles. The van der Waals surface area contributed by atoms with E-state index in [1.165, 1.54) is 18.4 Å². The van der Waals surface area contributed by atoms with Crippen molar-refractivity contribution in [1.29, 1.82) is 0 Å². The highest BCUT2D eigenvalue weighted by Crippen LogP contribution is 2.24. The van der Waals surface area contributed by atoms with E-state index >= 15 is 0 Å². The smallest absolute Gasteiger partial charge is 0.119 e. The van der Waals surface area contributed by atoms with E-state index in [-0.39, 0.29) is 0 Å². The Kier molecular flexibility index (Phi) is 10.2. The molecule has 0 spiro atoms. The maximum absolute atomic E-state index is 5.06. The summed E-state index contributed by atoms with van der Waals surface area (Å²) < 4.78 is 5.06. The zero-order chi connectivity index (χ0) is 15.5. The standard InChI is InChI=1S/C10H22.C9H12O/c1-6-8(3)10(5)9(4)7-2;1-3-8-5-4-6-9(7-8)10-2/h8-10H,6-7H2,1-5H3;4-7H,3H2,1-2H3. The number of ether oxygens (including phenoxy) is 1. The van der Waals surface area contributed by atoms with Crippen molar-refractivity contribution in [3.05, 3.63) is 29.8 Å². The first kappa shape index (κ1) is 19.0. The fourth-order valence-electron chi connectivity index (χ4n) is 2.20. The van der Waals surface area contributed by atoms with Crippen molar-refractivity contribution in [1.82, 2.24) is 0 Å². The highest BCUT2D eigenvalue weighted by molar-refractivity contribution is 5.28. The molecule has 0 N–H and O–H groups in total. The first-order chi connectivity index (χ1) is 9.49. The van der Waals surface area contributed by atoms with E-state index in [0.717, 1.165) is 29.9 Å². The minimum Gasteiger partial charge on any atom is -0.497 e. The molecule has 2 unspecified atom stereocenters. The average Bonchev–Trinajstić information content (AvgIpc) is 2.52. The van der Waals surface area contributed by atoms with Crippen LogP contribution >= 0.6 is 0 Å². The molecule has 116 valence electrons. The van der Waals surface area contributed by atoms with E-state index in [4.69, 9.17) is 4.74 Å². The summed E-state index contributed by atoms with van der Waals surface area (Å²) in [5.74, 6) is 3.64. The Morgan fingerprint density at radius 2 is 1.50 bits per heavy atom. The summed E-state index contributed by atoms with van der Waals surface area (Å²) in [4.78, 5) is 0. The van der Waals surface area contributed by atoms with Crippen molar-refractivity contribution in [3.63, 3.8) is 0 Å². The lowest BCUT2D eigenvalue weighted by atomic mass is 9.82. The predicted molar refractivity (Wildman–Crippen MR) is 90.4 cm³/mol. The molecule has 0 heterocycles. The van der Waals surface area contributed by atoms with Gasteiger partial charge in [-0.25, -0.2) is 0 Å². The normalized spacial score (nSPS) is 14.8. The second kappa shape index (κ2) is 10.8. The number of hydrogen-bond donors (Lipinski definition) is 0. The van der Waals surface area contributed by atoms with Crippen LogP contribution in [0.1, 0.15) is 59.9 Å². The Morgan fingerprint density at radius 3 is 1.90 bits per heavy atom. The molecule has 0 bridgehead atoms. The van der Waals surface area contributed by atoms with Gasteiger partial charge >= 0.3 is 0 Å². The van der Waals surface area contributed by atoms with Crippen LogP contribution in [0.5, 0.6) is 5.75 Å². The van der Waals surface area contributed by atoms with Gasteiger partial charge in [-0.15, -0.1) is 0 Å². The van der Waals surface area contributed by atoms with E-state index in [1.807, 2.05) is 12.1 Å². The van der Waals surface area contributed by atoms with Crippen molar-refractivity contribution < 1.29 is 4.74 Å². The zero-order valence-corrected chi connectivity index (χ0v) is 14.6. The third-order valence-corrected chi connectivity index (χ3v) is 4.63. The lowest BCUT2D eigenvalue weighted by molar-refractivity contribution is 0.267. The van der Waals surface area contributed by atoms with Gasteiger partial charge in [0.05, 0.1) is 7.11 Å². The van der Waals surface area contributed by atoms with Gasteiger partial charge in [0.2, 0.25) is 0 Å². The van der Waals surface area contributed by atoms with Gasteiger partial charge in [0.1, 0.15) is 5.75 Å². The molecule has 2 atom stereocenters. The lowest BCUT2D eigenvalue weighted by Gasteiger charge is -2.23. The third-order valence-electron chi connectivity index (χ3n) is 4.63. The van der Waals surface area contributed by atoms with Crippen molar-refractivity contribution >= 4 is 0 Å². The molecule has 1 heteroatoms. The van der Waals surface area contributed by atoms with Crippen LogP contribution in [0, 0.1) is 17.8 Å². The number of hydrogen-bond acceptors (Lipinski definition) is 1. The summed E-state index contributed by atoms with van der Waals surface area (Å²) in [5, 5.41) is 0. The van der Waals surface area contributed by atoms with Gasteiger partial charge in [-0.05, 0) is 41.9 Å². The summed E-state index contributed by atoms with van der Waals surface area (Å²) >= 11 is 0. The molecule has 0 amide bonds. The number of rotatable bonds is 6. The average molecular weight is 278 g/mol. The van der Waals surface area contributed by atoms with Gasteiger partial charge in [0.15, 0.2) is 0 Å².